The van der Waals surface area contributed by atoms with Crippen LogP contribution in [0.15, 0.2) is 163 Å². The fourth-order valence-corrected chi connectivity index (χ4v) is 7.89. The first kappa shape index (κ1) is 27.5. The van der Waals surface area contributed by atoms with E-state index in [0.29, 0.717) is 0 Å². The number of fused-ring (bicyclic) bond motifs is 3. The van der Waals surface area contributed by atoms with Crippen molar-refractivity contribution in [3.8, 4) is 50.5 Å². The predicted octanol–water partition coefficient (Wildman–Crippen LogP) is 12.4. The van der Waals surface area contributed by atoms with E-state index in [1.807, 2.05) is 0 Å². The Hall–Kier alpha value is -5.77. The van der Waals surface area contributed by atoms with Gasteiger partial charge in [0.1, 0.15) is 5.82 Å². The van der Waals surface area contributed by atoms with Gasteiger partial charge in [-0.2, -0.15) is 0 Å². The summed E-state index contributed by atoms with van der Waals surface area (Å²) in [6.07, 6.45) is 0. The van der Waals surface area contributed by atoms with Crippen LogP contribution in [0.3, 0.4) is 0 Å². The highest BCUT2D eigenvalue weighted by Crippen LogP contribution is 2.44. The number of benzene rings is 7. The fraction of sp³-hybridized carbons (Fsp3) is 0.0227. The minimum absolute atomic E-state index is 0.950. The number of thiophene rings is 1. The summed E-state index contributed by atoms with van der Waals surface area (Å²) in [6.45, 7) is 2.19. The molecule has 0 aliphatic heterocycles. The molecule has 0 saturated carbocycles. The maximum atomic E-state index is 5.40. The van der Waals surface area contributed by atoms with Crippen LogP contribution < -0.4 is 0 Å². The number of hydrogen-bond acceptors (Lipinski definition) is 2. The highest BCUT2D eigenvalue weighted by molar-refractivity contribution is 7.17. The van der Waals surface area contributed by atoms with Gasteiger partial charge in [-0.05, 0) is 81.9 Å². The molecule has 0 aliphatic rings. The number of aromatic nitrogens is 2. The monoisotopic (exact) mass is 618 g/mol. The number of nitrogens with zero attached hydrogens (tertiary/aromatic N) is 2. The quantitative estimate of drug-likeness (QED) is 0.188. The molecule has 0 radical (unpaired) electrons. The lowest BCUT2D eigenvalue weighted by Gasteiger charge is -2.20. The van der Waals surface area contributed by atoms with E-state index in [-0.39, 0.29) is 0 Å². The van der Waals surface area contributed by atoms with Crippen LogP contribution in [0.4, 0.5) is 0 Å². The molecule has 9 aromatic rings. The van der Waals surface area contributed by atoms with Gasteiger partial charge in [-0.1, -0.05) is 121 Å². The second-order valence-electron chi connectivity index (χ2n) is 12.1. The summed E-state index contributed by atoms with van der Waals surface area (Å²) >= 11 is 1.78. The molecular formula is C44H30N2S. The first-order valence-corrected chi connectivity index (χ1v) is 16.8. The van der Waals surface area contributed by atoms with Gasteiger partial charge in [-0.3, -0.25) is 4.57 Å². The molecule has 0 aliphatic carbocycles. The molecule has 7 aromatic carbocycles. The number of aryl methyl sites for hydroxylation is 1. The van der Waals surface area contributed by atoms with Crippen molar-refractivity contribution in [2.45, 2.75) is 6.92 Å². The third-order valence-corrected chi connectivity index (χ3v) is 10.1. The zero-order chi connectivity index (χ0) is 31.3. The number of imidazole rings is 1. The Morgan fingerprint density at radius 1 is 0.511 bits per heavy atom. The highest BCUT2D eigenvalue weighted by atomic mass is 32.1. The van der Waals surface area contributed by atoms with Crippen molar-refractivity contribution in [1.82, 2.24) is 9.55 Å². The Kier molecular flexibility index (Phi) is 6.58. The van der Waals surface area contributed by atoms with E-state index in [1.165, 1.54) is 59.8 Å². The van der Waals surface area contributed by atoms with Crippen LogP contribution in [0.5, 0.6) is 0 Å². The summed E-state index contributed by atoms with van der Waals surface area (Å²) in [4.78, 5) is 5.40. The van der Waals surface area contributed by atoms with Gasteiger partial charge in [0.25, 0.3) is 0 Å². The van der Waals surface area contributed by atoms with E-state index < -0.39 is 0 Å². The average molecular weight is 619 g/mol. The Bertz CT molecular complexity index is 2510. The Morgan fingerprint density at radius 3 is 1.94 bits per heavy atom. The predicted molar refractivity (Wildman–Crippen MR) is 200 cm³/mol. The normalized spacial score (nSPS) is 11.5. The molecule has 0 bridgehead atoms. The molecule has 0 spiro atoms. The fourth-order valence-electron chi connectivity index (χ4n) is 6.98. The van der Waals surface area contributed by atoms with Crippen molar-refractivity contribution in [3.05, 3.63) is 169 Å². The van der Waals surface area contributed by atoms with Crippen molar-refractivity contribution < 1.29 is 0 Å². The minimum Gasteiger partial charge on any atom is -0.291 e. The van der Waals surface area contributed by atoms with Crippen LogP contribution in [0, 0.1) is 6.92 Å². The number of para-hydroxylation sites is 2. The smallest absolute Gasteiger partial charge is 0.147 e. The largest absolute Gasteiger partial charge is 0.291 e. The molecule has 0 amide bonds. The molecule has 3 heteroatoms. The summed E-state index contributed by atoms with van der Waals surface area (Å²) in [7, 11) is 0. The first-order chi connectivity index (χ1) is 23.2. The van der Waals surface area contributed by atoms with Crippen molar-refractivity contribution >= 4 is 43.2 Å². The van der Waals surface area contributed by atoms with Gasteiger partial charge < -0.3 is 0 Å². The van der Waals surface area contributed by atoms with Gasteiger partial charge in [-0.25, -0.2) is 4.98 Å². The van der Waals surface area contributed by atoms with E-state index in [1.54, 1.807) is 11.3 Å². The van der Waals surface area contributed by atoms with E-state index in [9.17, 15) is 0 Å². The van der Waals surface area contributed by atoms with Crippen molar-refractivity contribution in [2.75, 3.05) is 0 Å². The van der Waals surface area contributed by atoms with E-state index in [0.717, 1.165) is 28.1 Å². The van der Waals surface area contributed by atoms with Gasteiger partial charge in [-0.15, -0.1) is 11.3 Å². The summed E-state index contributed by atoms with van der Waals surface area (Å²) in [5.41, 5.74) is 12.8. The topological polar surface area (TPSA) is 17.8 Å². The molecule has 0 N–H and O–H groups in total. The van der Waals surface area contributed by atoms with E-state index in [4.69, 9.17) is 4.98 Å². The SMILES string of the molecule is Cc1cc(-c2ccccc2)c(-n2c(-c3csc4ccc(-c5cccc6ccccc56)cc34)nc3ccccc32)c(-c2ccccc2)c1. The molecule has 0 fully saturated rings. The van der Waals surface area contributed by atoms with Crippen molar-refractivity contribution in [1.29, 1.82) is 0 Å². The summed E-state index contributed by atoms with van der Waals surface area (Å²) in [5.74, 6) is 0.950. The molecule has 47 heavy (non-hydrogen) atoms. The second kappa shape index (κ2) is 11.2. The standard InChI is InChI=1S/C44H30N2S/c1-29-25-36(31-13-4-2-5-14-31)43(37(26-29)32-15-6-3-7-16-32)46-41-22-11-10-21-40(41)45-44(46)39-28-47-42-24-23-33(27-38(39)42)35-20-12-18-30-17-8-9-19-34(30)35/h2-28H,1H3. The lowest BCUT2D eigenvalue weighted by Crippen LogP contribution is -2.03. The zero-order valence-electron chi connectivity index (χ0n) is 25.9. The van der Waals surface area contributed by atoms with E-state index in [2.05, 4.69) is 175 Å². The Morgan fingerprint density at radius 2 is 1.17 bits per heavy atom. The van der Waals surface area contributed by atoms with Gasteiger partial charge in [0, 0.05) is 32.2 Å². The second-order valence-corrected chi connectivity index (χ2v) is 13.0. The highest BCUT2D eigenvalue weighted by Gasteiger charge is 2.23. The van der Waals surface area contributed by atoms with Crippen LogP contribution >= 0.6 is 11.3 Å². The summed E-state index contributed by atoms with van der Waals surface area (Å²) in [6, 6.07) is 56.8. The Balaban J connectivity index is 1.36. The van der Waals surface area contributed by atoms with Crippen molar-refractivity contribution in [2.24, 2.45) is 0 Å². The minimum atomic E-state index is 0.950. The van der Waals surface area contributed by atoms with E-state index >= 15 is 0 Å². The molecule has 222 valence electrons. The van der Waals surface area contributed by atoms with Crippen LogP contribution in [-0.2, 0) is 0 Å². The van der Waals surface area contributed by atoms with Gasteiger partial charge in [0.05, 0.1) is 16.7 Å². The van der Waals surface area contributed by atoms with Crippen LogP contribution in [0.2, 0.25) is 0 Å². The lowest BCUT2D eigenvalue weighted by molar-refractivity contribution is 1.11. The van der Waals surface area contributed by atoms with Gasteiger partial charge in [0.15, 0.2) is 0 Å². The van der Waals surface area contributed by atoms with Gasteiger partial charge in [0.2, 0.25) is 0 Å². The zero-order valence-corrected chi connectivity index (χ0v) is 26.7. The number of rotatable bonds is 5. The third kappa shape index (κ3) is 4.67. The molecule has 2 heterocycles. The summed E-state index contributed by atoms with van der Waals surface area (Å²) < 4.78 is 3.66. The lowest BCUT2D eigenvalue weighted by atomic mass is 9.93. The van der Waals surface area contributed by atoms with Crippen LogP contribution in [0.1, 0.15) is 5.56 Å². The third-order valence-electron chi connectivity index (χ3n) is 9.12. The summed E-state index contributed by atoms with van der Waals surface area (Å²) in [5, 5.41) is 6.01. The van der Waals surface area contributed by atoms with Crippen molar-refractivity contribution in [3.63, 3.8) is 0 Å². The Labute approximate surface area is 277 Å². The average Bonchev–Trinajstić information content (AvgIpc) is 3.73. The molecule has 0 unspecified atom stereocenters. The first-order valence-electron chi connectivity index (χ1n) is 16.0. The van der Waals surface area contributed by atoms with Gasteiger partial charge >= 0.3 is 0 Å². The molecular weight excluding hydrogens is 589 g/mol. The molecule has 2 aromatic heterocycles. The molecule has 9 rings (SSSR count). The van der Waals surface area contributed by atoms with Crippen LogP contribution in [0.25, 0.3) is 82.3 Å². The molecule has 2 nitrogen and oxygen atoms in total. The maximum Gasteiger partial charge on any atom is 0.147 e. The number of hydrogen-bond donors (Lipinski definition) is 0. The molecule has 0 saturated heterocycles. The maximum absolute atomic E-state index is 5.40. The van der Waals surface area contributed by atoms with Crippen LogP contribution in [-0.4, -0.2) is 9.55 Å². The molecule has 0 atom stereocenters.